The Kier molecular flexibility index (Phi) is 8.85. The van der Waals surface area contributed by atoms with Gasteiger partial charge >= 0.3 is 0 Å². The van der Waals surface area contributed by atoms with E-state index in [4.69, 9.17) is 15.3 Å². The molecule has 5 heteroatoms. The van der Waals surface area contributed by atoms with Crippen molar-refractivity contribution < 1.29 is 0 Å². The second-order valence-electron chi connectivity index (χ2n) is 16.6. The molecule has 0 rings (SSSR count). The molecule has 0 aromatic heterocycles. The van der Waals surface area contributed by atoms with Gasteiger partial charge < -0.3 is 0 Å². The van der Waals surface area contributed by atoms with Crippen LogP contribution in [0.5, 0.6) is 0 Å². The normalized spacial score (nSPS) is 18.4. The molecule has 0 aromatic carbocycles. The first-order valence-electron chi connectivity index (χ1n) is 12.4. The van der Waals surface area contributed by atoms with Crippen molar-refractivity contribution in [3.8, 4) is 0 Å². The molecular formula is C26H60BrSi4. The van der Waals surface area contributed by atoms with Gasteiger partial charge in [0, 0.05) is 7.83 Å². The van der Waals surface area contributed by atoms with Crippen LogP contribution < -0.4 is 0 Å². The second kappa shape index (κ2) is 8.48. The van der Waals surface area contributed by atoms with E-state index in [1.54, 1.807) is 0 Å². The van der Waals surface area contributed by atoms with Crippen LogP contribution in [0, 0.1) is 0 Å². The highest BCUT2D eigenvalue weighted by molar-refractivity contribution is 9.29. The van der Waals surface area contributed by atoms with Gasteiger partial charge in [-0.1, -0.05) is 138 Å². The maximum atomic E-state index is 4.87. The number of hydrogen-bond donors (Lipinski definition) is 0. The maximum Gasteiger partial charge on any atom is 0.108 e. The summed E-state index contributed by atoms with van der Waals surface area (Å²) in [5, 5.41) is 2.11. The lowest BCUT2D eigenvalue weighted by molar-refractivity contribution is 0.551. The van der Waals surface area contributed by atoms with Crippen molar-refractivity contribution in [3.05, 3.63) is 0 Å². The Labute approximate surface area is 211 Å². The Balaban J connectivity index is 7.89. The zero-order chi connectivity index (χ0) is 26.1. The van der Waals surface area contributed by atoms with E-state index in [0.29, 0.717) is 30.2 Å². The summed E-state index contributed by atoms with van der Waals surface area (Å²) >= 11 is 4.87. The lowest BCUT2D eigenvalue weighted by Crippen LogP contribution is -2.84. The second-order valence-corrected chi connectivity index (χ2v) is 59.0. The third kappa shape index (κ3) is 4.63. The summed E-state index contributed by atoms with van der Waals surface area (Å²) in [7, 11) is -4.42. The highest BCUT2D eigenvalue weighted by Crippen LogP contribution is 2.71. The van der Waals surface area contributed by atoms with Crippen LogP contribution in [0.1, 0.15) is 125 Å². The van der Waals surface area contributed by atoms with E-state index < -0.39 is 28.7 Å². The minimum absolute atomic E-state index is 0.341. The Morgan fingerprint density at radius 2 is 0.645 bits per heavy atom. The van der Waals surface area contributed by atoms with Crippen molar-refractivity contribution in [1.82, 2.24) is 0 Å². The topological polar surface area (TPSA) is 0 Å². The molecule has 0 aromatic rings. The van der Waals surface area contributed by atoms with Gasteiger partial charge in [0.05, 0.1) is 15.2 Å². The standard InChI is InChI=1S/C26H60BrSi4/c1-21(2,3)30(22(4,5)6,23(7,8)9)28(19)29(20,27)31(24(10,11)12,25(13,14)15)26(16,17)18/h1-20H3. The minimum atomic E-state index is -1.90. The Bertz CT molecular complexity index is 551. The van der Waals surface area contributed by atoms with Gasteiger partial charge in [-0.15, -0.1) is 15.3 Å². The summed E-state index contributed by atoms with van der Waals surface area (Å²) in [4.78, 5) is 0. The largest absolute Gasteiger partial charge is 0.134 e. The summed E-state index contributed by atoms with van der Waals surface area (Å²) in [6.07, 6.45) is 0. The Morgan fingerprint density at radius 3 is 0.774 bits per heavy atom. The van der Waals surface area contributed by atoms with Gasteiger partial charge in [0.1, 0.15) is 5.73 Å². The predicted molar refractivity (Wildman–Crippen MR) is 162 cm³/mol. The lowest BCUT2D eigenvalue weighted by atomic mass is 10.2. The van der Waals surface area contributed by atoms with Gasteiger partial charge in [-0.25, -0.2) is 0 Å². The van der Waals surface area contributed by atoms with Crippen LogP contribution in [0.4, 0.5) is 0 Å². The predicted octanol–water partition coefficient (Wildman–Crippen LogP) is 11.0. The summed E-state index contributed by atoms with van der Waals surface area (Å²) < 4.78 is 0. The van der Waals surface area contributed by atoms with Crippen molar-refractivity contribution in [3.63, 3.8) is 0 Å². The summed E-state index contributed by atoms with van der Waals surface area (Å²) in [5.74, 6) is 0. The molecule has 1 atom stereocenters. The average Bonchev–Trinajstić information content (AvgIpc) is 2.26. The van der Waals surface area contributed by atoms with E-state index in [-0.39, 0.29) is 0 Å². The van der Waals surface area contributed by atoms with Crippen molar-refractivity contribution in [2.75, 3.05) is 0 Å². The molecule has 0 spiro atoms. The van der Waals surface area contributed by atoms with Crippen LogP contribution in [0.25, 0.3) is 0 Å². The average molecular weight is 565 g/mol. The van der Waals surface area contributed by atoms with E-state index in [1.807, 2.05) is 0 Å². The maximum absolute atomic E-state index is 4.87. The van der Waals surface area contributed by atoms with E-state index in [0.717, 1.165) is 0 Å². The van der Waals surface area contributed by atoms with E-state index in [2.05, 4.69) is 138 Å². The summed E-state index contributed by atoms with van der Waals surface area (Å²) in [6.45, 7) is 52.5. The zero-order valence-electron chi connectivity index (χ0n) is 25.4. The molecule has 0 heterocycles. The van der Waals surface area contributed by atoms with Crippen LogP contribution in [0.2, 0.25) is 43.3 Å². The first-order chi connectivity index (χ1) is 12.9. The first-order valence-corrected chi connectivity index (χ1v) is 26.2. The molecule has 0 N–H and O–H groups in total. The van der Waals surface area contributed by atoms with Crippen LogP contribution in [0.3, 0.4) is 0 Å². The molecule has 0 aliphatic carbocycles. The molecular weight excluding hydrogens is 505 g/mol. The van der Waals surface area contributed by atoms with E-state index >= 15 is 0 Å². The van der Waals surface area contributed by atoms with Gasteiger partial charge in [-0.2, -0.15) is 0 Å². The van der Waals surface area contributed by atoms with Crippen LogP contribution in [0.15, 0.2) is 0 Å². The number of halogens is 1. The van der Waals surface area contributed by atoms with Gasteiger partial charge in [0.25, 0.3) is 0 Å². The molecule has 0 bridgehead atoms. The quantitative estimate of drug-likeness (QED) is 0.236. The SMILES string of the molecule is C[Si]([Si](C(C)(C)C)(C(C)(C)C)C(C)(C)C)[Si](C)(Br)[Si](C(C)(C)C)(C(C)(C)C)C(C)(C)C. The molecule has 0 nitrogen and oxygen atoms in total. The highest BCUT2D eigenvalue weighted by atomic mass is 79.9. The molecule has 1 radical (unpaired) electrons. The van der Waals surface area contributed by atoms with Gasteiger partial charge in [0.2, 0.25) is 0 Å². The fraction of sp³-hybridized carbons (Fsp3) is 1.00. The third-order valence-electron chi connectivity index (χ3n) is 8.72. The molecule has 0 saturated heterocycles. The highest BCUT2D eigenvalue weighted by Gasteiger charge is 2.75. The molecule has 0 amide bonds. The number of rotatable bonds is 3. The van der Waals surface area contributed by atoms with Gasteiger partial charge in [-0.3, -0.25) is 0 Å². The summed E-state index contributed by atoms with van der Waals surface area (Å²) in [6, 6.07) is 0. The van der Waals surface area contributed by atoms with Crippen LogP contribution in [-0.4, -0.2) is 28.7 Å². The van der Waals surface area contributed by atoms with Crippen molar-refractivity contribution in [1.29, 1.82) is 0 Å². The van der Waals surface area contributed by atoms with Crippen LogP contribution in [-0.2, 0) is 0 Å². The molecule has 0 aliphatic heterocycles. The van der Waals surface area contributed by atoms with E-state index in [1.165, 1.54) is 0 Å². The fourth-order valence-electron chi connectivity index (χ4n) is 11.2. The first kappa shape index (κ1) is 32.3. The van der Waals surface area contributed by atoms with Crippen molar-refractivity contribution in [2.24, 2.45) is 0 Å². The molecule has 1 unspecified atom stereocenters. The minimum Gasteiger partial charge on any atom is -0.134 e. The zero-order valence-corrected chi connectivity index (χ0v) is 31.0. The molecule has 0 fully saturated rings. The monoisotopic (exact) mass is 563 g/mol. The Hall–Kier alpha value is 1.35. The van der Waals surface area contributed by atoms with Gasteiger partial charge in [0.15, 0.2) is 0 Å². The lowest BCUT2D eigenvalue weighted by Gasteiger charge is -2.71. The summed E-state index contributed by atoms with van der Waals surface area (Å²) in [5.41, 5.74) is -1.84. The van der Waals surface area contributed by atoms with Crippen LogP contribution >= 0.6 is 15.3 Å². The third-order valence-corrected chi connectivity index (χ3v) is 82.4. The van der Waals surface area contributed by atoms with E-state index in [9.17, 15) is 0 Å². The Morgan fingerprint density at radius 1 is 0.452 bits per heavy atom. The fourth-order valence-corrected chi connectivity index (χ4v) is 126. The molecule has 0 aliphatic rings. The molecule has 0 saturated carbocycles. The smallest absolute Gasteiger partial charge is 0.108 e. The molecule has 31 heavy (non-hydrogen) atoms. The van der Waals surface area contributed by atoms with Crippen molar-refractivity contribution in [2.45, 2.75) is 168 Å². The number of hydrogen-bond acceptors (Lipinski definition) is 0. The van der Waals surface area contributed by atoms with Crippen molar-refractivity contribution >= 4 is 44.0 Å². The molecule has 187 valence electrons. The van der Waals surface area contributed by atoms with Gasteiger partial charge in [-0.05, 0) is 30.2 Å².